The van der Waals surface area contributed by atoms with E-state index in [2.05, 4.69) is 46.0 Å². The summed E-state index contributed by atoms with van der Waals surface area (Å²) in [6.07, 6.45) is 16.5. The zero-order chi connectivity index (χ0) is 24.5. The van der Waals surface area contributed by atoms with E-state index in [1.165, 1.54) is 51.4 Å². The molecule has 0 aromatic carbocycles. The number of nitrogens with two attached hydrogens (primary N) is 1. The van der Waals surface area contributed by atoms with Crippen LogP contribution in [0.3, 0.4) is 0 Å². The molecule has 0 aliphatic heterocycles. The minimum atomic E-state index is -0.304. The standard InChI is InChI=1S/C30H52N2O2.Na.H/c1-20(2)7-6-8-21(3)25-11-12-26-24-10-9-22-19-23(34-28(33)32-18-17-31)13-15-29(22,4)27(24)14-16-30(25,26)5;;/h9,20-21,23-27H,6-8,10-19,31H2,1-5H3,(H,32,33);;/q;+1;-1/t21-,23+,24+,25-,26+,27+,29+,30-;;/m1../s1. The Hall–Kier alpha value is -0.0300. The summed E-state index contributed by atoms with van der Waals surface area (Å²) in [6.45, 7) is 13.4. The number of amides is 1. The van der Waals surface area contributed by atoms with E-state index < -0.39 is 0 Å². The monoisotopic (exact) mass is 496 g/mol. The Labute approximate surface area is 239 Å². The molecule has 4 nitrogen and oxygen atoms in total. The molecule has 0 unspecified atom stereocenters. The third-order valence-electron chi connectivity index (χ3n) is 10.9. The fourth-order valence-electron chi connectivity index (χ4n) is 9.12. The summed E-state index contributed by atoms with van der Waals surface area (Å²) in [5.74, 6) is 5.18. The van der Waals surface area contributed by atoms with Crippen molar-refractivity contribution in [2.45, 2.75) is 111 Å². The van der Waals surface area contributed by atoms with Crippen LogP contribution in [0.1, 0.15) is 107 Å². The van der Waals surface area contributed by atoms with E-state index in [9.17, 15) is 4.79 Å². The van der Waals surface area contributed by atoms with E-state index >= 15 is 0 Å². The van der Waals surface area contributed by atoms with Crippen LogP contribution in [0.5, 0.6) is 0 Å². The van der Waals surface area contributed by atoms with Gasteiger partial charge in [-0.05, 0) is 91.3 Å². The van der Waals surface area contributed by atoms with Gasteiger partial charge in [0, 0.05) is 19.5 Å². The van der Waals surface area contributed by atoms with Crippen LogP contribution in [0, 0.1) is 46.3 Å². The fourth-order valence-corrected chi connectivity index (χ4v) is 9.12. The minimum Gasteiger partial charge on any atom is -1.00 e. The van der Waals surface area contributed by atoms with Crippen molar-refractivity contribution in [1.82, 2.24) is 5.32 Å². The van der Waals surface area contributed by atoms with E-state index in [4.69, 9.17) is 10.5 Å². The van der Waals surface area contributed by atoms with Crippen LogP contribution in [-0.4, -0.2) is 25.3 Å². The molecule has 0 radical (unpaired) electrons. The normalized spacial score (nSPS) is 38.9. The zero-order valence-corrected chi connectivity index (χ0v) is 25.7. The first kappa shape index (κ1) is 29.5. The van der Waals surface area contributed by atoms with Crippen molar-refractivity contribution in [2.24, 2.45) is 52.1 Å². The number of carbonyl (C=O) groups excluding carboxylic acids is 1. The van der Waals surface area contributed by atoms with Crippen LogP contribution in [0.15, 0.2) is 11.6 Å². The third kappa shape index (κ3) is 6.02. The van der Waals surface area contributed by atoms with Crippen molar-refractivity contribution in [3.63, 3.8) is 0 Å². The number of hydrogen-bond acceptors (Lipinski definition) is 3. The first-order valence-electron chi connectivity index (χ1n) is 14.5. The van der Waals surface area contributed by atoms with Crippen LogP contribution in [0.4, 0.5) is 4.79 Å². The van der Waals surface area contributed by atoms with Gasteiger partial charge in [-0.1, -0.05) is 65.5 Å². The number of allylic oxidation sites excluding steroid dienone is 1. The zero-order valence-electron chi connectivity index (χ0n) is 24.7. The minimum absolute atomic E-state index is 0. The first-order chi connectivity index (χ1) is 16.2. The molecule has 0 heterocycles. The van der Waals surface area contributed by atoms with Crippen molar-refractivity contribution in [3.05, 3.63) is 11.6 Å². The molecule has 5 heteroatoms. The van der Waals surface area contributed by atoms with Crippen LogP contribution in [-0.2, 0) is 4.74 Å². The second-order valence-corrected chi connectivity index (χ2v) is 13.3. The maximum atomic E-state index is 12.1. The molecular weight excluding hydrogens is 443 g/mol. The van der Waals surface area contributed by atoms with Crippen molar-refractivity contribution in [2.75, 3.05) is 13.1 Å². The summed E-state index contributed by atoms with van der Waals surface area (Å²) in [6, 6.07) is 0. The van der Waals surface area contributed by atoms with Gasteiger partial charge >= 0.3 is 35.7 Å². The van der Waals surface area contributed by atoms with Gasteiger partial charge < -0.3 is 17.2 Å². The molecule has 4 aliphatic rings. The maximum absolute atomic E-state index is 12.1. The average Bonchev–Trinajstić information content (AvgIpc) is 3.15. The fraction of sp³-hybridized carbons (Fsp3) is 0.900. The summed E-state index contributed by atoms with van der Waals surface area (Å²) in [4.78, 5) is 12.1. The van der Waals surface area contributed by atoms with Gasteiger partial charge in [0.15, 0.2) is 0 Å². The molecule has 196 valence electrons. The van der Waals surface area contributed by atoms with Gasteiger partial charge in [-0.25, -0.2) is 4.79 Å². The predicted octanol–water partition coefficient (Wildman–Crippen LogP) is 4.20. The molecule has 1 amide bonds. The molecule has 0 spiro atoms. The Kier molecular flexibility index (Phi) is 10.3. The predicted molar refractivity (Wildman–Crippen MR) is 141 cm³/mol. The summed E-state index contributed by atoms with van der Waals surface area (Å²) in [5.41, 5.74) is 7.93. The first-order valence-corrected chi connectivity index (χ1v) is 14.5. The van der Waals surface area contributed by atoms with E-state index in [0.717, 1.165) is 54.8 Å². The van der Waals surface area contributed by atoms with Gasteiger partial charge in [0.05, 0.1) is 0 Å². The molecule has 35 heavy (non-hydrogen) atoms. The number of fused-ring (bicyclic) bond motifs is 5. The number of hydrogen-bond donors (Lipinski definition) is 2. The summed E-state index contributed by atoms with van der Waals surface area (Å²) in [7, 11) is 0. The summed E-state index contributed by atoms with van der Waals surface area (Å²) in [5, 5.41) is 2.76. The Morgan fingerprint density at radius 3 is 2.63 bits per heavy atom. The Balaban J connectivity index is 0.00000228. The molecular formula is C30H53N2NaO2. The Bertz CT molecular complexity index is 761. The van der Waals surface area contributed by atoms with Crippen LogP contribution < -0.4 is 40.6 Å². The van der Waals surface area contributed by atoms with Gasteiger partial charge in [0.25, 0.3) is 0 Å². The molecule has 4 rings (SSSR count). The smallest absolute Gasteiger partial charge is 1.00 e. The van der Waals surface area contributed by atoms with Crippen LogP contribution in [0.25, 0.3) is 0 Å². The number of alkyl carbamates (subject to hydrolysis) is 1. The van der Waals surface area contributed by atoms with Crippen LogP contribution in [0.2, 0.25) is 0 Å². The summed E-state index contributed by atoms with van der Waals surface area (Å²) >= 11 is 0. The summed E-state index contributed by atoms with van der Waals surface area (Å²) < 4.78 is 5.75. The van der Waals surface area contributed by atoms with Crippen molar-refractivity contribution >= 4 is 6.09 Å². The number of carbonyl (C=O) groups is 1. The average molecular weight is 497 g/mol. The molecule has 0 bridgehead atoms. The molecule has 3 N–H and O–H groups in total. The van der Waals surface area contributed by atoms with E-state index in [1.807, 2.05) is 0 Å². The number of rotatable bonds is 8. The molecule has 0 aromatic heterocycles. The molecule has 0 saturated heterocycles. The largest absolute Gasteiger partial charge is 1.00 e. The third-order valence-corrected chi connectivity index (χ3v) is 10.9. The van der Waals surface area contributed by atoms with E-state index in [-0.39, 0.29) is 43.2 Å². The topological polar surface area (TPSA) is 64.3 Å². The molecule has 8 atom stereocenters. The quantitative estimate of drug-likeness (QED) is 0.391. The van der Waals surface area contributed by atoms with Gasteiger partial charge in [0.1, 0.15) is 6.10 Å². The second kappa shape index (κ2) is 12.2. The van der Waals surface area contributed by atoms with E-state index in [1.54, 1.807) is 5.57 Å². The maximum Gasteiger partial charge on any atom is 1.00 e. The van der Waals surface area contributed by atoms with Crippen molar-refractivity contribution in [3.8, 4) is 0 Å². The van der Waals surface area contributed by atoms with Gasteiger partial charge in [-0.2, -0.15) is 0 Å². The van der Waals surface area contributed by atoms with Crippen LogP contribution >= 0.6 is 0 Å². The van der Waals surface area contributed by atoms with Gasteiger partial charge in [0.2, 0.25) is 0 Å². The SMILES string of the molecule is CC(C)CCC[C@@H](C)[C@H]1CC[C@H]2[C@@H]3CC=C4C[C@@H](OC(=O)NCCN)CC[C@]4(C)[C@H]3CC[C@]12C.[H-].[Na+]. The van der Waals surface area contributed by atoms with Gasteiger partial charge in [-0.15, -0.1) is 0 Å². The second-order valence-electron chi connectivity index (χ2n) is 13.3. The number of nitrogens with one attached hydrogen (secondary N) is 1. The Morgan fingerprint density at radius 1 is 1.14 bits per heavy atom. The Morgan fingerprint density at radius 2 is 1.91 bits per heavy atom. The van der Waals surface area contributed by atoms with Crippen molar-refractivity contribution < 1.29 is 40.5 Å². The molecule has 4 aliphatic carbocycles. The van der Waals surface area contributed by atoms with E-state index in [0.29, 0.717) is 23.9 Å². The molecule has 0 aromatic rings. The number of ether oxygens (including phenoxy) is 1. The van der Waals surface area contributed by atoms with Crippen molar-refractivity contribution in [1.29, 1.82) is 0 Å². The molecule has 3 fully saturated rings. The molecule has 3 saturated carbocycles. The van der Waals surface area contributed by atoms with Gasteiger partial charge in [-0.3, -0.25) is 0 Å².